The van der Waals surface area contributed by atoms with Crippen LogP contribution in [0.1, 0.15) is 19.3 Å². The van der Waals surface area contributed by atoms with Crippen molar-refractivity contribution in [2.24, 2.45) is 5.73 Å². The second kappa shape index (κ2) is 6.26. The summed E-state index contributed by atoms with van der Waals surface area (Å²) >= 11 is 0. The molecule has 6 nitrogen and oxygen atoms in total. The minimum atomic E-state index is -0.614. The third-order valence-corrected chi connectivity index (χ3v) is 3.49. The summed E-state index contributed by atoms with van der Waals surface area (Å²) in [5.74, 6) is -0.342. The van der Waals surface area contributed by atoms with Crippen LogP contribution in [0.5, 0.6) is 0 Å². The fraction of sp³-hybridized carbons (Fsp3) is 0.833. The number of rotatable bonds is 5. The van der Waals surface area contributed by atoms with Crippen molar-refractivity contribution in [1.82, 2.24) is 9.80 Å². The van der Waals surface area contributed by atoms with Crippen molar-refractivity contribution in [2.75, 3.05) is 39.4 Å². The lowest BCUT2D eigenvalue weighted by Crippen LogP contribution is -2.38. The van der Waals surface area contributed by atoms with Gasteiger partial charge < -0.3 is 10.5 Å². The zero-order valence-electron chi connectivity index (χ0n) is 10.6. The minimum Gasteiger partial charge on any atom is -0.379 e. The van der Waals surface area contributed by atoms with E-state index in [1.165, 1.54) is 4.90 Å². The third kappa shape index (κ3) is 3.28. The van der Waals surface area contributed by atoms with Crippen LogP contribution < -0.4 is 5.73 Å². The van der Waals surface area contributed by atoms with Crippen LogP contribution in [0.2, 0.25) is 0 Å². The normalized spacial score (nSPS) is 26.1. The second-order valence-corrected chi connectivity index (χ2v) is 4.86. The number of nitrogens with zero attached hydrogens (tertiary/aromatic N) is 2. The average Bonchev–Trinajstić information content (AvgIpc) is 2.61. The molecule has 0 aliphatic carbocycles. The van der Waals surface area contributed by atoms with E-state index >= 15 is 0 Å². The van der Waals surface area contributed by atoms with Crippen LogP contribution in [0.25, 0.3) is 0 Å². The van der Waals surface area contributed by atoms with Crippen molar-refractivity contribution < 1.29 is 14.3 Å². The molecule has 2 heterocycles. The van der Waals surface area contributed by atoms with Gasteiger partial charge in [0.05, 0.1) is 25.7 Å². The highest BCUT2D eigenvalue weighted by molar-refractivity contribution is 6.05. The van der Waals surface area contributed by atoms with E-state index < -0.39 is 6.04 Å². The Morgan fingerprint density at radius 3 is 2.44 bits per heavy atom. The summed E-state index contributed by atoms with van der Waals surface area (Å²) in [6.45, 7) is 5.08. The van der Waals surface area contributed by atoms with Crippen molar-refractivity contribution in [1.29, 1.82) is 0 Å². The van der Waals surface area contributed by atoms with E-state index in [0.29, 0.717) is 6.54 Å². The molecule has 0 saturated carbocycles. The van der Waals surface area contributed by atoms with Crippen molar-refractivity contribution >= 4 is 11.8 Å². The Morgan fingerprint density at radius 1 is 1.17 bits per heavy atom. The van der Waals surface area contributed by atoms with Gasteiger partial charge in [-0.2, -0.15) is 0 Å². The summed E-state index contributed by atoms with van der Waals surface area (Å²) in [5.41, 5.74) is 5.55. The molecule has 18 heavy (non-hydrogen) atoms. The fourth-order valence-electron chi connectivity index (χ4n) is 2.37. The first-order chi connectivity index (χ1) is 8.68. The van der Waals surface area contributed by atoms with Gasteiger partial charge in [-0.3, -0.25) is 19.4 Å². The number of hydrogen-bond donors (Lipinski definition) is 1. The Labute approximate surface area is 107 Å². The summed E-state index contributed by atoms with van der Waals surface area (Å²) in [4.78, 5) is 26.7. The van der Waals surface area contributed by atoms with Gasteiger partial charge >= 0.3 is 0 Å². The molecule has 2 N–H and O–H groups in total. The largest absolute Gasteiger partial charge is 0.379 e. The molecule has 1 atom stereocenters. The predicted octanol–water partition coefficient (Wildman–Crippen LogP) is -0.815. The minimum absolute atomic E-state index is 0.126. The lowest BCUT2D eigenvalue weighted by atomic mass is 10.2. The maximum absolute atomic E-state index is 11.6. The molecule has 0 aromatic carbocycles. The van der Waals surface area contributed by atoms with Gasteiger partial charge in [0.25, 0.3) is 0 Å². The van der Waals surface area contributed by atoms with Gasteiger partial charge in [0, 0.05) is 19.6 Å². The van der Waals surface area contributed by atoms with Gasteiger partial charge in [-0.1, -0.05) is 0 Å². The van der Waals surface area contributed by atoms with Gasteiger partial charge in [-0.15, -0.1) is 0 Å². The number of nitrogens with two attached hydrogens (primary N) is 1. The Morgan fingerprint density at radius 2 is 1.83 bits per heavy atom. The first-order valence-corrected chi connectivity index (χ1v) is 6.58. The van der Waals surface area contributed by atoms with Crippen molar-refractivity contribution in [3.63, 3.8) is 0 Å². The maximum Gasteiger partial charge on any atom is 0.246 e. The first-order valence-electron chi connectivity index (χ1n) is 6.58. The molecule has 2 saturated heterocycles. The monoisotopic (exact) mass is 255 g/mol. The highest BCUT2D eigenvalue weighted by Crippen LogP contribution is 2.12. The van der Waals surface area contributed by atoms with E-state index in [-0.39, 0.29) is 18.2 Å². The summed E-state index contributed by atoms with van der Waals surface area (Å²) in [5, 5.41) is 0. The zero-order valence-corrected chi connectivity index (χ0v) is 10.6. The van der Waals surface area contributed by atoms with Crippen LogP contribution in [-0.2, 0) is 14.3 Å². The second-order valence-electron chi connectivity index (χ2n) is 4.86. The Balaban J connectivity index is 1.63. The van der Waals surface area contributed by atoms with Crippen LogP contribution in [0, 0.1) is 0 Å². The molecule has 102 valence electrons. The zero-order chi connectivity index (χ0) is 13.0. The lowest BCUT2D eigenvalue weighted by molar-refractivity contribution is -0.138. The smallest absolute Gasteiger partial charge is 0.246 e. The number of likely N-dealkylation sites (tertiary alicyclic amines) is 1. The number of hydrogen-bond acceptors (Lipinski definition) is 5. The molecular weight excluding hydrogens is 234 g/mol. The standard InChI is InChI=1S/C12H21N3O3/c13-10-9-11(16)15(12(10)17)4-2-1-3-14-5-7-18-8-6-14/h10H,1-9,13H2/t10-/m0/s1. The topological polar surface area (TPSA) is 75.9 Å². The summed E-state index contributed by atoms with van der Waals surface area (Å²) in [6, 6.07) is -0.614. The molecule has 0 spiro atoms. The van der Waals surface area contributed by atoms with E-state index in [1.54, 1.807) is 0 Å². The molecule has 2 aliphatic rings. The number of unbranched alkanes of at least 4 members (excludes halogenated alkanes) is 1. The van der Waals surface area contributed by atoms with Crippen LogP contribution in [-0.4, -0.2) is 67.0 Å². The summed E-state index contributed by atoms with van der Waals surface area (Å²) in [7, 11) is 0. The van der Waals surface area contributed by atoms with Crippen molar-refractivity contribution in [2.45, 2.75) is 25.3 Å². The van der Waals surface area contributed by atoms with Gasteiger partial charge in [0.2, 0.25) is 11.8 Å². The van der Waals surface area contributed by atoms with Crippen molar-refractivity contribution in [3.8, 4) is 0 Å². The highest BCUT2D eigenvalue weighted by atomic mass is 16.5. The number of carbonyl (C=O) groups is 2. The van der Waals surface area contributed by atoms with E-state index in [0.717, 1.165) is 45.7 Å². The Hall–Kier alpha value is -0.980. The molecule has 0 radical (unpaired) electrons. The Bertz CT molecular complexity index is 316. The van der Waals surface area contributed by atoms with E-state index in [4.69, 9.17) is 10.5 Å². The van der Waals surface area contributed by atoms with Gasteiger partial charge in [0.1, 0.15) is 0 Å². The fourth-order valence-corrected chi connectivity index (χ4v) is 2.37. The van der Waals surface area contributed by atoms with E-state index in [2.05, 4.69) is 4.90 Å². The van der Waals surface area contributed by atoms with Crippen LogP contribution in [0.3, 0.4) is 0 Å². The van der Waals surface area contributed by atoms with Crippen LogP contribution >= 0.6 is 0 Å². The molecule has 0 bridgehead atoms. The number of amides is 2. The van der Waals surface area contributed by atoms with Crippen molar-refractivity contribution in [3.05, 3.63) is 0 Å². The number of morpholine rings is 1. The highest BCUT2D eigenvalue weighted by Gasteiger charge is 2.35. The van der Waals surface area contributed by atoms with E-state index in [9.17, 15) is 9.59 Å². The average molecular weight is 255 g/mol. The quantitative estimate of drug-likeness (QED) is 0.513. The number of ether oxygens (including phenoxy) is 1. The van der Waals surface area contributed by atoms with Gasteiger partial charge in [0.15, 0.2) is 0 Å². The molecule has 6 heteroatoms. The first kappa shape index (κ1) is 13.5. The summed E-state index contributed by atoms with van der Waals surface area (Å²) < 4.78 is 5.27. The molecular formula is C12H21N3O3. The Kier molecular flexibility index (Phi) is 4.68. The number of carbonyl (C=O) groups excluding carboxylic acids is 2. The molecule has 2 aliphatic heterocycles. The SMILES string of the molecule is N[C@H]1CC(=O)N(CCCCN2CCOCC2)C1=O. The van der Waals surface area contributed by atoms with Crippen LogP contribution in [0.15, 0.2) is 0 Å². The van der Waals surface area contributed by atoms with Gasteiger partial charge in [-0.25, -0.2) is 0 Å². The molecule has 2 rings (SSSR count). The molecule has 0 aromatic heterocycles. The molecule has 2 amide bonds. The lowest BCUT2D eigenvalue weighted by Gasteiger charge is -2.26. The summed E-state index contributed by atoms with van der Waals surface area (Å²) in [6.07, 6.45) is 2.01. The third-order valence-electron chi connectivity index (χ3n) is 3.49. The van der Waals surface area contributed by atoms with E-state index in [1.807, 2.05) is 0 Å². The predicted molar refractivity (Wildman–Crippen MR) is 65.8 cm³/mol. The molecule has 2 fully saturated rings. The van der Waals surface area contributed by atoms with Crippen LogP contribution in [0.4, 0.5) is 0 Å². The molecule has 0 unspecified atom stereocenters. The maximum atomic E-state index is 11.6. The molecule has 0 aromatic rings. The number of imide groups is 1. The van der Waals surface area contributed by atoms with Gasteiger partial charge in [-0.05, 0) is 19.4 Å².